The van der Waals surface area contributed by atoms with Crippen molar-refractivity contribution in [3.63, 3.8) is 0 Å². The van der Waals surface area contributed by atoms with Gasteiger partial charge < -0.3 is 15.9 Å². The highest BCUT2D eigenvalue weighted by atomic mass is 127. The molecular formula is C19H30INO2. The van der Waals surface area contributed by atoms with Gasteiger partial charge in [-0.05, 0) is 65.9 Å². The van der Waals surface area contributed by atoms with Crippen LogP contribution < -0.4 is 5.73 Å². The number of halogens is 1. The van der Waals surface area contributed by atoms with Gasteiger partial charge in [-0.2, -0.15) is 0 Å². The van der Waals surface area contributed by atoms with E-state index < -0.39 is 9.21 Å². The monoisotopic (exact) mass is 431 g/mol. The molecule has 0 amide bonds. The van der Waals surface area contributed by atoms with Crippen molar-refractivity contribution in [1.29, 1.82) is 0 Å². The summed E-state index contributed by atoms with van der Waals surface area (Å²) >= 11 is 2.07. The standard InChI is InChI=1S/C19H30INO2/c20-19(23,13-14-21)17-8-6-7-16(15-17)9-12-18(22)10-4-2-1-3-5-11-18/h6-8,15,22-23H,1-5,9-14,21H2. The molecule has 4 N–H and O–H groups in total. The van der Waals surface area contributed by atoms with E-state index in [1.165, 1.54) is 24.8 Å². The molecule has 0 radical (unpaired) electrons. The number of nitrogens with two attached hydrogens (primary N) is 1. The van der Waals surface area contributed by atoms with Gasteiger partial charge >= 0.3 is 0 Å². The molecule has 1 aromatic carbocycles. The number of hydrogen-bond acceptors (Lipinski definition) is 3. The quantitative estimate of drug-likeness (QED) is 0.471. The lowest BCUT2D eigenvalue weighted by atomic mass is 9.83. The van der Waals surface area contributed by atoms with E-state index in [4.69, 9.17) is 5.73 Å². The van der Waals surface area contributed by atoms with E-state index in [1.807, 2.05) is 12.1 Å². The minimum atomic E-state index is -0.903. The van der Waals surface area contributed by atoms with E-state index in [-0.39, 0.29) is 0 Å². The Morgan fingerprint density at radius 2 is 1.78 bits per heavy atom. The minimum Gasteiger partial charge on any atom is -0.390 e. The largest absolute Gasteiger partial charge is 0.390 e. The molecule has 3 nitrogen and oxygen atoms in total. The molecule has 1 aliphatic rings. The van der Waals surface area contributed by atoms with Crippen LogP contribution in [0.2, 0.25) is 0 Å². The maximum Gasteiger partial charge on any atom is 0.142 e. The van der Waals surface area contributed by atoms with Gasteiger partial charge in [-0.15, -0.1) is 0 Å². The summed E-state index contributed by atoms with van der Waals surface area (Å²) in [5.41, 5.74) is 7.18. The average molecular weight is 431 g/mol. The number of aryl methyl sites for hydroxylation is 1. The van der Waals surface area contributed by atoms with Gasteiger partial charge in [-0.3, -0.25) is 0 Å². The molecule has 0 heterocycles. The molecule has 0 bridgehead atoms. The van der Waals surface area contributed by atoms with E-state index >= 15 is 0 Å². The smallest absolute Gasteiger partial charge is 0.142 e. The molecule has 1 atom stereocenters. The van der Waals surface area contributed by atoms with E-state index in [1.54, 1.807) is 0 Å². The Morgan fingerprint density at radius 1 is 1.13 bits per heavy atom. The number of benzene rings is 1. The summed E-state index contributed by atoms with van der Waals surface area (Å²) < 4.78 is -0.903. The van der Waals surface area contributed by atoms with Crippen molar-refractivity contribution in [3.05, 3.63) is 35.4 Å². The van der Waals surface area contributed by atoms with Crippen molar-refractivity contribution in [1.82, 2.24) is 0 Å². The van der Waals surface area contributed by atoms with Gasteiger partial charge in [0.2, 0.25) is 0 Å². The molecule has 4 heteroatoms. The predicted molar refractivity (Wildman–Crippen MR) is 104 cm³/mol. The molecule has 1 fully saturated rings. The topological polar surface area (TPSA) is 66.5 Å². The van der Waals surface area contributed by atoms with Crippen LogP contribution in [-0.2, 0) is 10.0 Å². The second kappa shape index (κ2) is 8.79. The summed E-state index contributed by atoms with van der Waals surface area (Å²) in [6.07, 6.45) is 10.2. The molecule has 1 aromatic rings. The van der Waals surface area contributed by atoms with Crippen LogP contribution >= 0.6 is 22.6 Å². The van der Waals surface area contributed by atoms with Gasteiger partial charge in [0.05, 0.1) is 5.60 Å². The SMILES string of the molecule is NCCC(O)(I)c1cccc(CCC2(O)CCCCCCC2)c1. The second-order valence-corrected chi connectivity index (χ2v) is 8.78. The Balaban J connectivity index is 1.99. The van der Waals surface area contributed by atoms with Crippen LogP contribution in [0, 0.1) is 0 Å². The van der Waals surface area contributed by atoms with Crippen molar-refractivity contribution in [2.45, 2.75) is 73.4 Å². The Kier molecular flexibility index (Phi) is 7.32. The van der Waals surface area contributed by atoms with Gasteiger partial charge in [0.1, 0.15) is 3.61 Å². The Bertz CT molecular complexity index is 482. The fourth-order valence-electron chi connectivity index (χ4n) is 3.49. The zero-order chi connectivity index (χ0) is 16.8. The molecule has 0 saturated heterocycles. The normalized spacial score (nSPS) is 21.2. The van der Waals surface area contributed by atoms with Gasteiger partial charge in [0.15, 0.2) is 0 Å². The summed E-state index contributed by atoms with van der Waals surface area (Å²) in [6.45, 7) is 0.462. The molecule has 0 spiro atoms. The van der Waals surface area contributed by atoms with E-state index in [2.05, 4.69) is 34.7 Å². The maximum atomic E-state index is 10.9. The van der Waals surface area contributed by atoms with Crippen LogP contribution in [0.3, 0.4) is 0 Å². The lowest BCUT2D eigenvalue weighted by Gasteiger charge is -2.30. The van der Waals surface area contributed by atoms with Gasteiger partial charge in [-0.25, -0.2) is 0 Å². The van der Waals surface area contributed by atoms with E-state index in [0.717, 1.165) is 44.1 Å². The molecule has 1 aliphatic carbocycles. The van der Waals surface area contributed by atoms with Crippen LogP contribution in [0.1, 0.15) is 68.9 Å². The molecule has 130 valence electrons. The third-order valence-electron chi connectivity index (χ3n) is 5.01. The fourth-order valence-corrected chi connectivity index (χ4v) is 4.14. The van der Waals surface area contributed by atoms with Crippen molar-refractivity contribution in [2.24, 2.45) is 5.73 Å². The first-order chi connectivity index (χ1) is 11.0. The van der Waals surface area contributed by atoms with Crippen molar-refractivity contribution in [3.8, 4) is 0 Å². The summed E-state index contributed by atoms with van der Waals surface area (Å²) in [6, 6.07) is 8.10. The summed E-state index contributed by atoms with van der Waals surface area (Å²) in [5, 5.41) is 21.4. The maximum absolute atomic E-state index is 10.9. The molecule has 23 heavy (non-hydrogen) atoms. The molecule has 1 saturated carbocycles. The first-order valence-electron chi connectivity index (χ1n) is 8.88. The summed E-state index contributed by atoms with van der Waals surface area (Å²) in [5.74, 6) is 0. The Morgan fingerprint density at radius 3 is 2.43 bits per heavy atom. The highest BCUT2D eigenvalue weighted by Gasteiger charge is 2.28. The van der Waals surface area contributed by atoms with Gasteiger partial charge in [0, 0.05) is 6.42 Å². The van der Waals surface area contributed by atoms with E-state index in [0.29, 0.717) is 13.0 Å². The second-order valence-electron chi connectivity index (χ2n) is 6.99. The average Bonchev–Trinajstić information content (AvgIpc) is 2.50. The lowest BCUT2D eigenvalue weighted by molar-refractivity contribution is 0.00628. The highest BCUT2D eigenvalue weighted by molar-refractivity contribution is 14.1. The summed E-state index contributed by atoms with van der Waals surface area (Å²) in [7, 11) is 0. The van der Waals surface area contributed by atoms with Crippen LogP contribution in [0.4, 0.5) is 0 Å². The zero-order valence-electron chi connectivity index (χ0n) is 13.9. The van der Waals surface area contributed by atoms with Crippen molar-refractivity contribution in [2.75, 3.05) is 6.54 Å². The third kappa shape index (κ3) is 6.00. The predicted octanol–water partition coefficient (Wildman–Crippen LogP) is 4.02. The van der Waals surface area contributed by atoms with Crippen LogP contribution in [-0.4, -0.2) is 22.4 Å². The van der Waals surface area contributed by atoms with E-state index in [9.17, 15) is 10.2 Å². The number of rotatable bonds is 6. The van der Waals surface area contributed by atoms with Crippen molar-refractivity contribution < 1.29 is 10.2 Å². The lowest BCUT2D eigenvalue weighted by Crippen LogP contribution is -2.30. The third-order valence-corrected chi connectivity index (χ3v) is 6.17. The Labute approximate surface area is 153 Å². The fraction of sp³-hybridized carbons (Fsp3) is 0.684. The molecule has 1 unspecified atom stereocenters. The Hall–Kier alpha value is -0.170. The first-order valence-corrected chi connectivity index (χ1v) is 9.96. The first kappa shape index (κ1) is 19.2. The van der Waals surface area contributed by atoms with Gasteiger partial charge in [0.25, 0.3) is 0 Å². The highest BCUT2D eigenvalue weighted by Crippen LogP contribution is 2.34. The molecule has 2 rings (SSSR count). The van der Waals surface area contributed by atoms with Crippen LogP contribution in [0.5, 0.6) is 0 Å². The van der Waals surface area contributed by atoms with Crippen LogP contribution in [0.15, 0.2) is 24.3 Å². The minimum absolute atomic E-state index is 0.462. The van der Waals surface area contributed by atoms with Crippen molar-refractivity contribution >= 4 is 22.6 Å². The van der Waals surface area contributed by atoms with Gasteiger partial charge in [-0.1, -0.05) is 56.4 Å². The zero-order valence-corrected chi connectivity index (χ0v) is 16.1. The molecule has 0 aromatic heterocycles. The van der Waals surface area contributed by atoms with Crippen LogP contribution in [0.25, 0.3) is 0 Å². The number of alkyl halides is 1. The number of hydrogen-bond donors (Lipinski definition) is 3. The molecule has 0 aliphatic heterocycles. The summed E-state index contributed by atoms with van der Waals surface area (Å²) in [4.78, 5) is 0. The number of aliphatic hydroxyl groups is 2. The molecular weight excluding hydrogens is 401 g/mol.